The van der Waals surface area contributed by atoms with E-state index in [-0.39, 0.29) is 23.7 Å². The molecular weight excluding hydrogens is 419 g/mol. The van der Waals surface area contributed by atoms with E-state index in [1.807, 2.05) is 5.32 Å². The molecule has 1 aliphatic heterocycles. The van der Waals surface area contributed by atoms with E-state index in [1.54, 1.807) is 0 Å². The van der Waals surface area contributed by atoms with Crippen LogP contribution in [0.5, 0.6) is 0 Å². The van der Waals surface area contributed by atoms with Crippen molar-refractivity contribution in [1.82, 2.24) is 9.62 Å². The first kappa shape index (κ1) is 21.7. The van der Waals surface area contributed by atoms with Crippen molar-refractivity contribution in [2.45, 2.75) is 17.7 Å². The highest BCUT2D eigenvalue weighted by Gasteiger charge is 2.34. The monoisotopic (exact) mass is 438 g/mol. The summed E-state index contributed by atoms with van der Waals surface area (Å²) in [5.41, 5.74) is 0. The van der Waals surface area contributed by atoms with Gasteiger partial charge in [-0.1, -0.05) is 0 Å². The normalized spacial score (nSPS) is 17.3. The van der Waals surface area contributed by atoms with Gasteiger partial charge in [-0.3, -0.25) is 19.7 Å². The first-order valence-corrected chi connectivity index (χ1v) is 10.5. The number of ether oxygens (including phenoxy) is 1. The number of benzene rings is 1. The molecule has 0 saturated carbocycles. The van der Waals surface area contributed by atoms with Crippen molar-refractivity contribution in [3.05, 3.63) is 54.2 Å². The summed E-state index contributed by atoms with van der Waals surface area (Å²) >= 11 is 0. The van der Waals surface area contributed by atoms with E-state index in [0.29, 0.717) is 12.8 Å². The van der Waals surface area contributed by atoms with Crippen molar-refractivity contribution < 1.29 is 36.3 Å². The number of imide groups is 1. The Bertz CT molecular complexity index is 1020. The molecule has 1 atom stereocenters. The zero-order valence-corrected chi connectivity index (χ0v) is 16.6. The largest absolute Gasteiger partial charge is 0.459 e. The van der Waals surface area contributed by atoms with Crippen LogP contribution in [0.4, 0.5) is 4.39 Å². The van der Waals surface area contributed by atoms with E-state index in [9.17, 15) is 27.2 Å². The Hall–Kier alpha value is -3.05. The standard InChI is InChI=1S/C19H19FN2O7S/c20-14-5-7-15(8-6-14)30(26,27)22-9-1-3-13(11-22)19(25)29-12-17(23)21-18(24)16-4-2-10-28-16/h2,4-8,10,13H,1,3,9,11-12H2,(H,21,23,24). The van der Waals surface area contributed by atoms with Gasteiger partial charge >= 0.3 is 5.97 Å². The van der Waals surface area contributed by atoms with E-state index in [0.717, 1.165) is 28.6 Å². The van der Waals surface area contributed by atoms with Gasteiger partial charge in [0.25, 0.3) is 11.8 Å². The van der Waals surface area contributed by atoms with Crippen molar-refractivity contribution in [1.29, 1.82) is 0 Å². The maximum atomic E-state index is 13.1. The molecule has 11 heteroatoms. The molecule has 1 fully saturated rings. The second-order valence-electron chi connectivity index (χ2n) is 6.62. The molecule has 2 heterocycles. The number of hydrogen-bond acceptors (Lipinski definition) is 7. The first-order chi connectivity index (χ1) is 14.3. The molecule has 1 aliphatic rings. The van der Waals surface area contributed by atoms with Gasteiger partial charge in [-0.25, -0.2) is 12.8 Å². The zero-order chi connectivity index (χ0) is 21.7. The molecule has 0 bridgehead atoms. The van der Waals surface area contributed by atoms with Crippen LogP contribution in [-0.4, -0.2) is 50.2 Å². The molecule has 160 valence electrons. The second-order valence-corrected chi connectivity index (χ2v) is 8.56. The summed E-state index contributed by atoms with van der Waals surface area (Å²) in [5, 5.41) is 2.01. The van der Waals surface area contributed by atoms with Crippen LogP contribution in [0.1, 0.15) is 23.4 Å². The summed E-state index contributed by atoms with van der Waals surface area (Å²) in [6.45, 7) is -0.598. The first-order valence-electron chi connectivity index (χ1n) is 9.07. The molecule has 2 amide bonds. The van der Waals surface area contributed by atoms with Gasteiger partial charge < -0.3 is 9.15 Å². The number of amides is 2. The third-order valence-electron chi connectivity index (χ3n) is 4.51. The van der Waals surface area contributed by atoms with Crippen LogP contribution in [0.25, 0.3) is 0 Å². The summed E-state index contributed by atoms with van der Waals surface area (Å²) < 4.78 is 49.4. The lowest BCUT2D eigenvalue weighted by Crippen LogP contribution is -2.43. The van der Waals surface area contributed by atoms with Gasteiger partial charge in [0, 0.05) is 13.1 Å². The predicted molar refractivity (Wildman–Crippen MR) is 100 cm³/mol. The fourth-order valence-corrected chi connectivity index (χ4v) is 4.52. The van der Waals surface area contributed by atoms with Gasteiger partial charge in [0.15, 0.2) is 12.4 Å². The van der Waals surface area contributed by atoms with E-state index in [1.165, 1.54) is 18.4 Å². The maximum absolute atomic E-state index is 13.1. The SMILES string of the molecule is O=C(COC(=O)C1CCCN(S(=O)(=O)c2ccc(F)cc2)C1)NC(=O)c1ccco1. The highest BCUT2D eigenvalue weighted by Crippen LogP contribution is 2.24. The molecule has 1 aromatic carbocycles. The highest BCUT2D eigenvalue weighted by molar-refractivity contribution is 7.89. The van der Waals surface area contributed by atoms with Crippen molar-refractivity contribution in [3.63, 3.8) is 0 Å². The Labute approximate surface area is 171 Å². The molecule has 3 rings (SSSR count). The molecule has 1 aromatic heterocycles. The van der Waals surface area contributed by atoms with Crippen LogP contribution >= 0.6 is 0 Å². The molecule has 2 aromatic rings. The lowest BCUT2D eigenvalue weighted by molar-refractivity contribution is -0.153. The van der Waals surface area contributed by atoms with Gasteiger partial charge in [-0.2, -0.15) is 4.31 Å². The smallest absolute Gasteiger partial charge is 0.310 e. The van der Waals surface area contributed by atoms with Gasteiger partial charge in [0.1, 0.15) is 5.82 Å². The topological polar surface area (TPSA) is 123 Å². The molecule has 30 heavy (non-hydrogen) atoms. The van der Waals surface area contributed by atoms with Crippen LogP contribution in [0.15, 0.2) is 52.0 Å². The number of furan rings is 1. The average molecular weight is 438 g/mol. The summed E-state index contributed by atoms with van der Waals surface area (Å²) in [5.74, 6) is -3.73. The van der Waals surface area contributed by atoms with Gasteiger partial charge in [-0.15, -0.1) is 0 Å². The van der Waals surface area contributed by atoms with E-state index < -0.39 is 46.1 Å². The number of nitrogens with one attached hydrogen (secondary N) is 1. The minimum atomic E-state index is -3.89. The van der Waals surface area contributed by atoms with Gasteiger partial charge in [0.2, 0.25) is 10.0 Å². The van der Waals surface area contributed by atoms with Crippen molar-refractivity contribution in [2.75, 3.05) is 19.7 Å². The number of sulfonamides is 1. The van der Waals surface area contributed by atoms with Crippen molar-refractivity contribution in [2.24, 2.45) is 5.92 Å². The van der Waals surface area contributed by atoms with Crippen LogP contribution in [0.3, 0.4) is 0 Å². The Balaban J connectivity index is 1.54. The molecule has 1 saturated heterocycles. The second kappa shape index (κ2) is 9.18. The Morgan fingerprint density at radius 2 is 1.93 bits per heavy atom. The van der Waals surface area contributed by atoms with Crippen LogP contribution in [0, 0.1) is 11.7 Å². The van der Waals surface area contributed by atoms with Gasteiger partial charge in [0.05, 0.1) is 17.1 Å². The molecule has 9 nitrogen and oxygen atoms in total. The summed E-state index contributed by atoms with van der Waals surface area (Å²) in [4.78, 5) is 35.7. The molecule has 0 radical (unpaired) electrons. The Morgan fingerprint density at radius 3 is 2.60 bits per heavy atom. The van der Waals surface area contributed by atoms with Crippen molar-refractivity contribution in [3.8, 4) is 0 Å². The quantitative estimate of drug-likeness (QED) is 0.675. The number of carbonyl (C=O) groups is 3. The molecule has 1 N–H and O–H groups in total. The summed E-state index contributed by atoms with van der Waals surface area (Å²) in [6, 6.07) is 7.26. The lowest BCUT2D eigenvalue weighted by Gasteiger charge is -2.30. The molecule has 0 aliphatic carbocycles. The minimum Gasteiger partial charge on any atom is -0.459 e. The number of rotatable bonds is 6. The summed E-state index contributed by atoms with van der Waals surface area (Å²) in [7, 11) is -3.89. The van der Waals surface area contributed by atoms with E-state index in [4.69, 9.17) is 9.15 Å². The lowest BCUT2D eigenvalue weighted by atomic mass is 10.00. The van der Waals surface area contributed by atoms with E-state index in [2.05, 4.69) is 0 Å². The van der Waals surface area contributed by atoms with Crippen molar-refractivity contribution >= 4 is 27.8 Å². The Morgan fingerprint density at radius 1 is 1.20 bits per heavy atom. The Kier molecular flexibility index (Phi) is 6.63. The third kappa shape index (κ3) is 5.10. The summed E-state index contributed by atoms with van der Waals surface area (Å²) in [6.07, 6.45) is 2.08. The van der Waals surface area contributed by atoms with E-state index >= 15 is 0 Å². The number of carbonyl (C=O) groups excluding carboxylic acids is 3. The zero-order valence-electron chi connectivity index (χ0n) is 15.7. The average Bonchev–Trinajstić information content (AvgIpc) is 3.27. The molecular formula is C19H19FN2O7S. The number of esters is 1. The maximum Gasteiger partial charge on any atom is 0.310 e. The molecule has 1 unspecified atom stereocenters. The number of nitrogens with zero attached hydrogens (tertiary/aromatic N) is 1. The fourth-order valence-electron chi connectivity index (χ4n) is 3.00. The highest BCUT2D eigenvalue weighted by atomic mass is 32.2. The van der Waals surface area contributed by atoms with Crippen LogP contribution in [-0.2, 0) is 24.3 Å². The number of halogens is 1. The van der Waals surface area contributed by atoms with Crippen LogP contribution < -0.4 is 5.32 Å². The number of hydrogen-bond donors (Lipinski definition) is 1. The number of piperidine rings is 1. The van der Waals surface area contributed by atoms with Gasteiger partial charge in [-0.05, 0) is 49.2 Å². The van der Waals surface area contributed by atoms with Crippen LogP contribution in [0.2, 0.25) is 0 Å². The third-order valence-corrected chi connectivity index (χ3v) is 6.39. The minimum absolute atomic E-state index is 0.0661. The molecule has 0 spiro atoms. The fraction of sp³-hybridized carbons (Fsp3) is 0.316. The predicted octanol–water partition coefficient (Wildman–Crippen LogP) is 1.32.